The number of nitrogens with one attached hydrogen (secondary N) is 1. The van der Waals surface area contributed by atoms with Crippen molar-refractivity contribution in [2.75, 3.05) is 11.8 Å². The van der Waals surface area contributed by atoms with Gasteiger partial charge in [0.1, 0.15) is 0 Å². The number of rotatable bonds is 7. The van der Waals surface area contributed by atoms with Gasteiger partial charge in [0.2, 0.25) is 0 Å². The third-order valence-electron chi connectivity index (χ3n) is 4.80. The third-order valence-corrected chi connectivity index (χ3v) is 7.84. The van der Waals surface area contributed by atoms with Gasteiger partial charge in [-0.1, -0.05) is 18.2 Å². The molecule has 1 atom stereocenters. The molecule has 0 aromatic heterocycles. The van der Waals surface area contributed by atoms with Crippen LogP contribution in [0.4, 0.5) is 18.9 Å². The minimum Gasteiger partial charge on any atom is -0.465 e. The molecule has 0 aliphatic carbocycles. The number of benzene rings is 3. The molecule has 180 valence electrons. The van der Waals surface area contributed by atoms with E-state index in [1.165, 1.54) is 49.2 Å². The average molecular weight is 528 g/mol. The topological polar surface area (TPSA) is 72.5 Å². The van der Waals surface area contributed by atoms with E-state index in [1.54, 1.807) is 31.2 Å². The molecule has 0 radical (unpaired) electrons. The highest BCUT2D eigenvalue weighted by atomic mass is 32.2. The van der Waals surface area contributed by atoms with Crippen LogP contribution in [0.25, 0.3) is 0 Å². The Balaban J connectivity index is 1.70. The van der Waals surface area contributed by atoms with Gasteiger partial charge in [0.15, 0.2) is 0 Å². The zero-order valence-electron chi connectivity index (χ0n) is 18.0. The predicted molar refractivity (Wildman–Crippen MR) is 129 cm³/mol. The largest absolute Gasteiger partial charge is 0.465 e. The molecule has 3 aromatic rings. The minimum atomic E-state index is -4.40. The van der Waals surface area contributed by atoms with Gasteiger partial charge >= 0.3 is 12.1 Å². The van der Waals surface area contributed by atoms with Crippen LogP contribution in [-0.2, 0) is 20.9 Å². The van der Waals surface area contributed by atoms with Crippen LogP contribution in [0.1, 0.15) is 31.6 Å². The molecule has 0 saturated carbocycles. The van der Waals surface area contributed by atoms with E-state index >= 15 is 0 Å². The summed E-state index contributed by atoms with van der Waals surface area (Å²) < 4.78 is 70.4. The Hall–Kier alpha value is -2.63. The monoisotopic (exact) mass is 527 g/mol. The van der Waals surface area contributed by atoms with Crippen LogP contribution in [0, 0.1) is 6.92 Å². The summed E-state index contributed by atoms with van der Waals surface area (Å²) >= 11 is 5.75. The molecule has 0 bridgehead atoms. The van der Waals surface area contributed by atoms with Crippen molar-refractivity contribution in [3.05, 3.63) is 89.0 Å². The first kappa shape index (κ1) is 26.0. The number of methoxy groups -OCH3 is 1. The average Bonchev–Trinajstić information content (AvgIpc) is 2.79. The SMILES string of the molecule is COC(=O)c1cc(S(=O)(=O)Nc2ccc(SC(S)c3ccc(C(F)(F)F)cc3)cc2)ccc1C. The summed E-state index contributed by atoms with van der Waals surface area (Å²) in [6.07, 6.45) is -4.40. The molecule has 0 aliphatic heterocycles. The van der Waals surface area contributed by atoms with Gasteiger partial charge in [-0.05, 0) is 66.6 Å². The maximum atomic E-state index is 12.8. The van der Waals surface area contributed by atoms with Gasteiger partial charge in [-0.2, -0.15) is 25.8 Å². The number of esters is 1. The molecule has 3 aromatic carbocycles. The van der Waals surface area contributed by atoms with Crippen LogP contribution in [-0.4, -0.2) is 21.5 Å². The summed E-state index contributed by atoms with van der Waals surface area (Å²) in [5.74, 6) is -0.634. The van der Waals surface area contributed by atoms with Crippen molar-refractivity contribution in [2.24, 2.45) is 0 Å². The lowest BCUT2D eigenvalue weighted by molar-refractivity contribution is -0.137. The number of carbonyl (C=O) groups excluding carboxylic acids is 1. The summed E-state index contributed by atoms with van der Waals surface area (Å²) in [6.45, 7) is 1.67. The summed E-state index contributed by atoms with van der Waals surface area (Å²) in [5.41, 5.74) is 0.911. The molecule has 11 heteroatoms. The van der Waals surface area contributed by atoms with Gasteiger partial charge in [0.05, 0.1) is 27.7 Å². The first-order valence-corrected chi connectivity index (χ1v) is 12.6. The maximum Gasteiger partial charge on any atom is 0.416 e. The molecular weight excluding hydrogens is 507 g/mol. The molecule has 1 N–H and O–H groups in total. The Labute approximate surface area is 205 Å². The van der Waals surface area contributed by atoms with E-state index in [-0.39, 0.29) is 10.5 Å². The highest BCUT2D eigenvalue weighted by molar-refractivity contribution is 8.09. The van der Waals surface area contributed by atoms with Crippen LogP contribution in [0.3, 0.4) is 0 Å². The third kappa shape index (κ3) is 6.28. The van der Waals surface area contributed by atoms with Gasteiger partial charge in [-0.15, -0.1) is 11.8 Å². The van der Waals surface area contributed by atoms with Crippen molar-refractivity contribution >= 4 is 46.1 Å². The molecule has 0 spiro atoms. The number of alkyl halides is 3. The second-order valence-corrected chi connectivity index (χ2v) is 10.9. The fourth-order valence-corrected chi connectivity index (χ4v) is 5.41. The Morgan fingerprint density at radius 2 is 1.65 bits per heavy atom. The number of anilines is 1. The minimum absolute atomic E-state index is 0.0883. The standard InChI is InChI=1S/C23H20F3NO4S3/c1-14-3-12-19(13-20(14)21(28)31-2)34(29,30)27-17-8-10-18(11-9-17)33-22(32)15-4-6-16(7-5-15)23(24,25)26/h3-13,22,27,32H,1-2H3. The lowest BCUT2D eigenvalue weighted by Gasteiger charge is -2.14. The van der Waals surface area contributed by atoms with E-state index < -0.39 is 32.3 Å². The van der Waals surface area contributed by atoms with E-state index in [2.05, 4.69) is 22.1 Å². The molecule has 0 heterocycles. The molecule has 0 fully saturated rings. The fraction of sp³-hybridized carbons (Fsp3) is 0.174. The maximum absolute atomic E-state index is 12.8. The number of carbonyl (C=O) groups is 1. The Morgan fingerprint density at radius 1 is 1.03 bits per heavy atom. The number of thiol groups is 1. The Bertz CT molecular complexity index is 1280. The van der Waals surface area contributed by atoms with Crippen molar-refractivity contribution in [1.82, 2.24) is 0 Å². The van der Waals surface area contributed by atoms with Crippen LogP contribution in [0.5, 0.6) is 0 Å². The second-order valence-electron chi connectivity index (χ2n) is 7.19. The van der Waals surface area contributed by atoms with Crippen molar-refractivity contribution < 1.29 is 31.1 Å². The van der Waals surface area contributed by atoms with E-state index in [1.807, 2.05) is 0 Å². The molecule has 0 aliphatic rings. The van der Waals surface area contributed by atoms with Gasteiger partial charge in [0, 0.05) is 10.6 Å². The van der Waals surface area contributed by atoms with Crippen LogP contribution in [0.2, 0.25) is 0 Å². The molecule has 0 saturated heterocycles. The first-order valence-electron chi connectivity index (χ1n) is 9.74. The first-order chi connectivity index (χ1) is 15.9. The molecule has 34 heavy (non-hydrogen) atoms. The zero-order chi connectivity index (χ0) is 25.1. The molecule has 5 nitrogen and oxygen atoms in total. The normalized spacial score (nSPS) is 12.8. The summed E-state index contributed by atoms with van der Waals surface area (Å²) in [5, 5.41) is 0. The van der Waals surface area contributed by atoms with Crippen molar-refractivity contribution in [3.63, 3.8) is 0 Å². The summed E-state index contributed by atoms with van der Waals surface area (Å²) in [4.78, 5) is 12.5. The van der Waals surface area contributed by atoms with E-state index in [0.29, 0.717) is 16.8 Å². The number of hydrogen-bond acceptors (Lipinski definition) is 6. The van der Waals surface area contributed by atoms with Gasteiger partial charge in [-0.3, -0.25) is 4.72 Å². The van der Waals surface area contributed by atoms with Gasteiger partial charge in [-0.25, -0.2) is 13.2 Å². The molecule has 3 rings (SSSR count). The number of aryl methyl sites for hydroxylation is 1. The number of hydrogen-bond donors (Lipinski definition) is 2. The number of thioether (sulfide) groups is 1. The van der Waals surface area contributed by atoms with Gasteiger partial charge in [0.25, 0.3) is 10.0 Å². The predicted octanol–water partition coefficient (Wildman–Crippen LogP) is 6.32. The smallest absolute Gasteiger partial charge is 0.416 e. The van der Waals surface area contributed by atoms with Crippen LogP contribution >= 0.6 is 24.4 Å². The quantitative estimate of drug-likeness (QED) is 0.163. The number of halogens is 3. The molecule has 1 unspecified atom stereocenters. The van der Waals surface area contributed by atoms with E-state index in [9.17, 15) is 26.4 Å². The lowest BCUT2D eigenvalue weighted by Crippen LogP contribution is -2.14. The molecule has 0 amide bonds. The highest BCUT2D eigenvalue weighted by Gasteiger charge is 2.30. The Kier molecular flexibility index (Phi) is 7.89. The summed E-state index contributed by atoms with van der Waals surface area (Å²) in [7, 11) is -2.74. The second kappa shape index (κ2) is 10.3. The van der Waals surface area contributed by atoms with Crippen molar-refractivity contribution in [1.29, 1.82) is 0 Å². The highest BCUT2D eigenvalue weighted by Crippen LogP contribution is 2.39. The fourth-order valence-electron chi connectivity index (χ4n) is 2.95. The van der Waals surface area contributed by atoms with E-state index in [0.717, 1.165) is 17.0 Å². The number of ether oxygens (including phenoxy) is 1. The summed E-state index contributed by atoms with van der Waals surface area (Å²) in [6, 6.07) is 15.4. The van der Waals surface area contributed by atoms with Gasteiger partial charge < -0.3 is 4.74 Å². The van der Waals surface area contributed by atoms with Crippen molar-refractivity contribution in [3.8, 4) is 0 Å². The molecular formula is C23H20F3NO4S3. The van der Waals surface area contributed by atoms with E-state index in [4.69, 9.17) is 0 Å². The Morgan fingerprint density at radius 3 is 2.21 bits per heavy atom. The lowest BCUT2D eigenvalue weighted by atomic mass is 10.1. The van der Waals surface area contributed by atoms with Crippen LogP contribution in [0.15, 0.2) is 76.5 Å². The number of sulfonamides is 1. The zero-order valence-corrected chi connectivity index (χ0v) is 20.5. The van der Waals surface area contributed by atoms with Crippen molar-refractivity contribution in [2.45, 2.75) is 27.5 Å². The van der Waals surface area contributed by atoms with Crippen LogP contribution < -0.4 is 4.72 Å².